The lowest BCUT2D eigenvalue weighted by molar-refractivity contribution is -0.250. The van der Waals surface area contributed by atoms with Gasteiger partial charge in [0.15, 0.2) is 0 Å². The minimum atomic E-state index is -2.40. The number of carbonyl (C=O) groups excluding carboxylic acids is 1. The minimum absolute atomic E-state index is 0.00834. The summed E-state index contributed by atoms with van der Waals surface area (Å²) in [5.74, 6) is -1.84. The van der Waals surface area contributed by atoms with Crippen molar-refractivity contribution < 1.29 is 39.8 Å². The van der Waals surface area contributed by atoms with E-state index in [1.807, 2.05) is 0 Å². The minimum Gasteiger partial charge on any atom is -0.508 e. The van der Waals surface area contributed by atoms with Crippen LogP contribution in [0.15, 0.2) is 41.5 Å². The summed E-state index contributed by atoms with van der Waals surface area (Å²) < 4.78 is 12.5. The SMILES string of the molecule is CC(C)=CCC/C(C)=C/CC[C@@]1(C)CCc2c(O)cc3c(c2O1)CN(C(O)(O)CCCNCc1ccc(O)c2c1OC(C)[C@@H](O)C2)C3=O. The number of benzene rings is 2. The average Bonchev–Trinajstić information content (AvgIpc) is 3.35. The summed E-state index contributed by atoms with van der Waals surface area (Å²) in [6, 6.07) is 4.78. The Kier molecular flexibility index (Phi) is 10.8. The van der Waals surface area contributed by atoms with Crippen LogP contribution in [0.1, 0.15) is 112 Å². The molecule has 2 aromatic rings. The molecule has 0 saturated heterocycles. The van der Waals surface area contributed by atoms with Gasteiger partial charge < -0.3 is 40.3 Å². The molecule has 0 bridgehead atoms. The molecule has 10 heteroatoms. The topological polar surface area (TPSA) is 152 Å². The molecule has 0 spiro atoms. The van der Waals surface area contributed by atoms with Crippen molar-refractivity contribution in [3.8, 4) is 23.0 Å². The summed E-state index contributed by atoms with van der Waals surface area (Å²) in [4.78, 5) is 14.5. The van der Waals surface area contributed by atoms with Gasteiger partial charge in [0.2, 0.25) is 5.91 Å². The van der Waals surface area contributed by atoms with Crippen LogP contribution in [0, 0.1) is 0 Å². The predicted octanol–water partition coefficient (Wildman–Crippen LogP) is 5.50. The number of aliphatic hydroxyl groups excluding tert-OH is 1. The number of nitrogens with one attached hydrogen (secondary N) is 1. The molecule has 48 heavy (non-hydrogen) atoms. The van der Waals surface area contributed by atoms with Crippen molar-refractivity contribution in [1.82, 2.24) is 10.2 Å². The van der Waals surface area contributed by atoms with Gasteiger partial charge in [-0.05, 0) is 98.2 Å². The maximum absolute atomic E-state index is 13.5. The molecular formula is C38H52N2O8. The molecule has 1 amide bonds. The Labute approximate surface area is 283 Å². The predicted molar refractivity (Wildman–Crippen MR) is 183 cm³/mol. The zero-order chi connectivity index (χ0) is 34.8. The van der Waals surface area contributed by atoms with Crippen molar-refractivity contribution in [3.63, 3.8) is 0 Å². The van der Waals surface area contributed by atoms with Gasteiger partial charge in [0, 0.05) is 41.6 Å². The van der Waals surface area contributed by atoms with Crippen molar-refractivity contribution in [2.24, 2.45) is 0 Å². The highest BCUT2D eigenvalue weighted by Gasteiger charge is 2.45. The van der Waals surface area contributed by atoms with Crippen LogP contribution < -0.4 is 14.8 Å². The lowest BCUT2D eigenvalue weighted by Gasteiger charge is -2.37. The summed E-state index contributed by atoms with van der Waals surface area (Å²) in [5, 5.41) is 56.7. The second kappa shape index (κ2) is 14.5. The second-order valence-corrected chi connectivity index (χ2v) is 14.3. The van der Waals surface area contributed by atoms with Crippen molar-refractivity contribution in [1.29, 1.82) is 0 Å². The Morgan fingerprint density at radius 3 is 2.60 bits per heavy atom. The summed E-state index contributed by atoms with van der Waals surface area (Å²) in [6.07, 6.45) is 8.99. The first kappa shape index (κ1) is 35.7. The van der Waals surface area contributed by atoms with Crippen LogP contribution in [-0.4, -0.2) is 66.6 Å². The fraction of sp³-hybridized carbons (Fsp3) is 0.553. The molecule has 0 aromatic heterocycles. The third-order valence-corrected chi connectivity index (χ3v) is 9.95. The number of allylic oxidation sites excluding steroid dienone is 4. The van der Waals surface area contributed by atoms with Gasteiger partial charge in [-0.15, -0.1) is 0 Å². The fourth-order valence-corrected chi connectivity index (χ4v) is 6.88. The summed E-state index contributed by atoms with van der Waals surface area (Å²) >= 11 is 0. The largest absolute Gasteiger partial charge is 0.508 e. The zero-order valence-corrected chi connectivity index (χ0v) is 28.9. The van der Waals surface area contributed by atoms with Gasteiger partial charge >= 0.3 is 0 Å². The number of fused-ring (bicyclic) bond motifs is 4. The van der Waals surface area contributed by atoms with E-state index in [1.54, 1.807) is 19.1 Å². The highest BCUT2D eigenvalue weighted by molar-refractivity contribution is 6.00. The molecule has 0 fully saturated rings. The summed E-state index contributed by atoms with van der Waals surface area (Å²) in [7, 11) is 0. The molecule has 0 radical (unpaired) electrons. The monoisotopic (exact) mass is 664 g/mol. The molecule has 0 aliphatic carbocycles. The quantitative estimate of drug-likeness (QED) is 0.0926. The van der Waals surface area contributed by atoms with Gasteiger partial charge in [0.25, 0.3) is 5.91 Å². The van der Waals surface area contributed by atoms with E-state index in [0.717, 1.165) is 42.6 Å². The molecule has 3 heterocycles. The van der Waals surface area contributed by atoms with E-state index in [1.165, 1.54) is 17.2 Å². The van der Waals surface area contributed by atoms with Crippen LogP contribution in [0.25, 0.3) is 0 Å². The smallest absolute Gasteiger partial charge is 0.258 e. The Morgan fingerprint density at radius 1 is 1.08 bits per heavy atom. The molecule has 3 aliphatic heterocycles. The molecule has 3 atom stereocenters. The van der Waals surface area contributed by atoms with Gasteiger partial charge in [-0.25, -0.2) is 0 Å². The Bertz CT molecular complexity index is 1580. The third kappa shape index (κ3) is 7.83. The molecule has 3 aliphatic rings. The van der Waals surface area contributed by atoms with Crippen LogP contribution >= 0.6 is 0 Å². The van der Waals surface area contributed by atoms with Crippen LogP contribution in [0.3, 0.4) is 0 Å². The maximum Gasteiger partial charge on any atom is 0.258 e. The average molecular weight is 665 g/mol. The first-order valence-corrected chi connectivity index (χ1v) is 17.2. The molecule has 6 N–H and O–H groups in total. The van der Waals surface area contributed by atoms with Crippen molar-refractivity contribution in [2.45, 2.75) is 129 Å². The van der Waals surface area contributed by atoms with E-state index in [2.05, 4.69) is 45.2 Å². The van der Waals surface area contributed by atoms with Crippen LogP contribution in [-0.2, 0) is 25.9 Å². The lowest BCUT2D eigenvalue weighted by Crippen LogP contribution is -2.49. The number of phenolic OH excluding ortho intramolecular Hbond substituents is 2. The number of carbonyl (C=O) groups is 1. The summed E-state index contributed by atoms with van der Waals surface area (Å²) in [6.45, 7) is 11.0. The standard InChI is InChI=1S/C38H52N2O8/c1-23(2)9-6-10-24(3)11-7-15-37(5)17-14-27-33(43)19-28-30(35(27)48-37)22-40(36(28)44)38(45,46)16-8-18-39-21-26-12-13-31(41)29-20-32(42)25(4)47-34(26)29/h9,11-13,19,25,32,39,41-43,45-46H,6-8,10,14-18,20-22H2,1-5H3/b24-11+/t25?,32-,37-/m0/s1. The second-order valence-electron chi connectivity index (χ2n) is 14.3. The molecular weight excluding hydrogens is 612 g/mol. The van der Waals surface area contributed by atoms with Crippen molar-refractivity contribution in [3.05, 3.63) is 69.3 Å². The number of nitrogens with zero attached hydrogens (tertiary/aromatic N) is 1. The zero-order valence-electron chi connectivity index (χ0n) is 28.9. The molecule has 1 unspecified atom stereocenters. The number of aliphatic hydroxyl groups is 3. The van der Waals surface area contributed by atoms with Gasteiger partial charge in [-0.2, -0.15) is 0 Å². The number of hydrogen-bond donors (Lipinski definition) is 6. The van der Waals surface area contributed by atoms with Crippen molar-refractivity contribution in [2.75, 3.05) is 6.54 Å². The van der Waals surface area contributed by atoms with E-state index in [-0.39, 0.29) is 30.0 Å². The number of amides is 1. The normalized spacial score (nSPS) is 22.0. The summed E-state index contributed by atoms with van der Waals surface area (Å²) in [5.41, 5.74) is 5.05. The number of hydrogen-bond acceptors (Lipinski definition) is 9. The number of phenols is 2. The Hall–Kier alpha value is -3.57. The van der Waals surface area contributed by atoms with E-state index in [9.17, 15) is 30.3 Å². The van der Waals surface area contributed by atoms with Crippen LogP contribution in [0.5, 0.6) is 23.0 Å². The van der Waals surface area contributed by atoms with Gasteiger partial charge in [0.1, 0.15) is 34.7 Å². The van der Waals surface area contributed by atoms with Gasteiger partial charge in [-0.1, -0.05) is 29.4 Å². The van der Waals surface area contributed by atoms with E-state index in [0.29, 0.717) is 60.5 Å². The third-order valence-electron chi connectivity index (χ3n) is 9.95. The van der Waals surface area contributed by atoms with Crippen molar-refractivity contribution >= 4 is 5.91 Å². The molecule has 262 valence electrons. The van der Waals surface area contributed by atoms with Crippen LogP contribution in [0.4, 0.5) is 0 Å². The Morgan fingerprint density at radius 2 is 1.85 bits per heavy atom. The molecule has 2 aromatic carbocycles. The van der Waals surface area contributed by atoms with Gasteiger partial charge in [0.05, 0.1) is 18.2 Å². The molecule has 5 rings (SSSR count). The molecule has 10 nitrogen and oxygen atoms in total. The van der Waals surface area contributed by atoms with Gasteiger partial charge in [-0.3, -0.25) is 9.69 Å². The highest BCUT2D eigenvalue weighted by atomic mass is 16.5. The Balaban J connectivity index is 1.18. The first-order valence-electron chi connectivity index (χ1n) is 17.2. The van der Waals surface area contributed by atoms with E-state index in [4.69, 9.17) is 9.47 Å². The maximum atomic E-state index is 13.5. The number of aromatic hydroxyl groups is 2. The first-order chi connectivity index (χ1) is 22.7. The highest BCUT2D eigenvalue weighted by Crippen LogP contribution is 2.47. The van der Waals surface area contributed by atoms with E-state index < -0.39 is 29.6 Å². The number of ether oxygens (including phenoxy) is 2. The lowest BCUT2D eigenvalue weighted by atomic mass is 9.86. The number of rotatable bonds is 13. The fourth-order valence-electron chi connectivity index (χ4n) is 6.88. The van der Waals surface area contributed by atoms with E-state index >= 15 is 0 Å². The molecule has 0 saturated carbocycles. The van der Waals surface area contributed by atoms with Crippen LogP contribution in [0.2, 0.25) is 0 Å².